The summed E-state index contributed by atoms with van der Waals surface area (Å²) in [6.45, 7) is 0. The average molecular weight is 589 g/mol. The van der Waals surface area contributed by atoms with Gasteiger partial charge in [0.15, 0.2) is 23.7 Å². The minimum atomic E-state index is -6.13. The molecule has 0 aromatic carbocycles. The van der Waals surface area contributed by atoms with Crippen LogP contribution in [0.4, 0.5) is 5.95 Å². The molecule has 0 saturated carbocycles. The quantitative estimate of drug-likeness (QED) is 0.164. The summed E-state index contributed by atoms with van der Waals surface area (Å²) in [6.07, 6.45) is -6.59. The summed E-state index contributed by atoms with van der Waals surface area (Å²) >= 11 is 0. The summed E-state index contributed by atoms with van der Waals surface area (Å²) in [4.78, 5) is 54.0. The van der Waals surface area contributed by atoms with Crippen LogP contribution in [0.5, 0.6) is 0 Å². The molecule has 2 aromatic heterocycles. The minimum Gasteiger partial charge on any atom is -0.790 e. The molecule has 5 N–H and O–H groups in total. The second-order valence-corrected chi connectivity index (χ2v) is 10.5. The van der Waals surface area contributed by atoms with Gasteiger partial charge in [-0.1, -0.05) is 0 Å². The maximum atomic E-state index is 12.4. The van der Waals surface area contributed by atoms with E-state index in [2.05, 4.69) is 32.6 Å². The summed E-state index contributed by atoms with van der Waals surface area (Å²) < 4.78 is 56.4. The summed E-state index contributed by atoms with van der Waals surface area (Å²) in [5.41, 5.74) is 4.32. The number of ether oxygens (including phenoxy) is 1. The molecule has 180 valence electrons. The molecule has 25 heteroatoms. The summed E-state index contributed by atoms with van der Waals surface area (Å²) in [5.74, 6) is -0.317. The Morgan fingerprint density at radius 3 is 2.29 bits per heavy atom. The van der Waals surface area contributed by atoms with Crippen molar-refractivity contribution in [2.24, 2.45) is 0 Å². The molecule has 3 heterocycles. The van der Waals surface area contributed by atoms with Crippen molar-refractivity contribution in [1.29, 1.82) is 0 Å². The van der Waals surface area contributed by atoms with E-state index in [-0.39, 0.29) is 106 Å². The van der Waals surface area contributed by atoms with E-state index in [1.54, 1.807) is 0 Å². The number of hydrogen-bond acceptors (Lipinski definition) is 17. The molecule has 35 heavy (non-hydrogen) atoms. The van der Waals surface area contributed by atoms with Crippen molar-refractivity contribution in [3.8, 4) is 0 Å². The van der Waals surface area contributed by atoms with Crippen molar-refractivity contribution >= 4 is 40.6 Å². The first-order valence-corrected chi connectivity index (χ1v) is 12.4. The van der Waals surface area contributed by atoms with Gasteiger partial charge in [0.05, 0.1) is 14.2 Å². The minimum absolute atomic E-state index is 0. The first-order valence-electron chi connectivity index (χ1n) is 7.98. The van der Waals surface area contributed by atoms with Crippen LogP contribution < -0.4 is 115 Å². The van der Waals surface area contributed by atoms with Crippen LogP contribution in [0, 0.1) is 0 Å². The standard InChI is InChI=1S/C10H16N5O14P3.3Na/c1-25-32(24,29-31(22,23)28-30(19,20)21)27-9-5(17)4(16)8(26-9)15-2-12-3-6(15)13-10(11)14-7(3)18;;;/h2,4-5,8-9,16-17H,1H3,(H,22,23)(H2,19,20,21)(H3,11,13,14,18);;;/q;3*+1/p-3/t4-,5+,8-,9-,32?;;;/m1.../s1. The zero-order valence-electron chi connectivity index (χ0n) is 18.4. The first kappa shape index (κ1) is 36.4. The van der Waals surface area contributed by atoms with Gasteiger partial charge in [-0.05, 0) is 0 Å². The smallest absolute Gasteiger partial charge is 0.790 e. The van der Waals surface area contributed by atoms with E-state index in [0.717, 1.165) is 10.9 Å². The zero-order valence-corrected chi connectivity index (χ0v) is 27.1. The number of nitrogen functional groups attached to an aromatic ring is 1. The van der Waals surface area contributed by atoms with Crippen LogP contribution in [0.1, 0.15) is 6.23 Å². The molecule has 1 saturated heterocycles. The normalized spacial score (nSPS) is 25.5. The van der Waals surface area contributed by atoms with Crippen molar-refractivity contribution in [3.63, 3.8) is 0 Å². The number of phosphoric acid groups is 3. The number of phosphoric ester groups is 1. The van der Waals surface area contributed by atoms with Crippen LogP contribution in [0.15, 0.2) is 11.1 Å². The predicted octanol–water partition coefficient (Wildman–Crippen LogP) is -12.6. The Morgan fingerprint density at radius 2 is 1.74 bits per heavy atom. The van der Waals surface area contributed by atoms with Crippen LogP contribution in [0.3, 0.4) is 0 Å². The predicted molar refractivity (Wildman–Crippen MR) is 91.6 cm³/mol. The largest absolute Gasteiger partial charge is 1.00 e. The number of aromatic nitrogens is 4. The Balaban J connectivity index is 0.00000385. The van der Waals surface area contributed by atoms with E-state index in [1.165, 1.54) is 0 Å². The van der Waals surface area contributed by atoms with Gasteiger partial charge in [-0.25, -0.2) is 13.9 Å². The molecule has 1 aliphatic rings. The molecular weight excluding hydrogens is 576 g/mol. The van der Waals surface area contributed by atoms with Crippen molar-refractivity contribution in [2.45, 2.75) is 24.7 Å². The number of hydrogen-bond donors (Lipinski definition) is 4. The van der Waals surface area contributed by atoms with Gasteiger partial charge < -0.3 is 39.9 Å². The molecule has 0 aliphatic carbocycles. The number of aliphatic hydroxyl groups excluding tert-OH is 2. The molecule has 19 nitrogen and oxygen atoms in total. The molecule has 2 aromatic rings. The van der Waals surface area contributed by atoms with Crippen molar-refractivity contribution in [1.82, 2.24) is 19.5 Å². The molecule has 1 fully saturated rings. The monoisotopic (exact) mass is 589 g/mol. The first-order chi connectivity index (χ1) is 14.6. The molecular formula is C10H13N5Na3O14P3. The Bertz CT molecular complexity index is 1220. The number of anilines is 1. The van der Waals surface area contributed by atoms with Gasteiger partial charge >= 0.3 is 96.5 Å². The van der Waals surface area contributed by atoms with Crippen molar-refractivity contribution < 1.29 is 150 Å². The van der Waals surface area contributed by atoms with Crippen LogP contribution in [-0.2, 0) is 36.1 Å². The maximum Gasteiger partial charge on any atom is 1.00 e. The Hall–Kier alpha value is 1.44. The summed E-state index contributed by atoms with van der Waals surface area (Å²) in [6, 6.07) is 0. The van der Waals surface area contributed by atoms with Gasteiger partial charge in [0.2, 0.25) is 5.95 Å². The number of aromatic amines is 1. The number of H-pyrrole nitrogens is 1. The average Bonchev–Trinajstić information content (AvgIpc) is 3.15. The van der Waals surface area contributed by atoms with Crippen LogP contribution in [0.25, 0.3) is 11.2 Å². The summed E-state index contributed by atoms with van der Waals surface area (Å²) in [5, 5.41) is 20.4. The van der Waals surface area contributed by atoms with Gasteiger partial charge in [-0.3, -0.25) is 32.3 Å². The molecule has 2 unspecified atom stereocenters. The van der Waals surface area contributed by atoms with Crippen LogP contribution >= 0.6 is 23.5 Å². The molecule has 1 aliphatic heterocycles. The maximum absolute atomic E-state index is 12.4. The van der Waals surface area contributed by atoms with E-state index in [9.17, 15) is 43.4 Å². The van der Waals surface area contributed by atoms with E-state index in [0.29, 0.717) is 7.11 Å². The molecule has 0 bridgehead atoms. The second kappa shape index (κ2) is 13.7. The van der Waals surface area contributed by atoms with E-state index in [1.807, 2.05) is 0 Å². The number of nitrogens with two attached hydrogens (primary N) is 1. The van der Waals surface area contributed by atoms with Gasteiger partial charge in [0.25, 0.3) is 13.4 Å². The third-order valence-electron chi connectivity index (χ3n) is 3.78. The zero-order chi connectivity index (χ0) is 24.1. The Labute approximate surface area is 261 Å². The number of rotatable bonds is 8. The van der Waals surface area contributed by atoms with Crippen molar-refractivity contribution in [2.75, 3.05) is 12.8 Å². The topological polar surface area (TPSA) is 297 Å². The third-order valence-corrected chi connectivity index (χ3v) is 7.89. The number of imidazole rings is 1. The second-order valence-electron chi connectivity index (χ2n) is 5.94. The Morgan fingerprint density at radius 1 is 1.14 bits per heavy atom. The molecule has 0 radical (unpaired) electrons. The summed E-state index contributed by atoms with van der Waals surface area (Å²) in [7, 11) is -16.9. The van der Waals surface area contributed by atoms with E-state index < -0.39 is 53.8 Å². The molecule has 0 amide bonds. The number of nitrogens with one attached hydrogen (secondary N) is 1. The van der Waals surface area contributed by atoms with Crippen molar-refractivity contribution in [3.05, 3.63) is 16.7 Å². The SMILES string of the molecule is COP(=O)(O[C@H]1O[C@@H](n2cnc3c(=O)[nH]c(N)nc32)[C@H](O)[C@@H]1O)OP(=O)([O-])OP(=O)([O-])[O-].[Na+].[Na+].[Na+]. The van der Waals surface area contributed by atoms with Crippen LogP contribution in [-0.4, -0.2) is 55.3 Å². The fourth-order valence-corrected chi connectivity index (χ4v) is 5.84. The van der Waals surface area contributed by atoms with E-state index in [4.69, 9.17) is 10.5 Å². The fourth-order valence-electron chi connectivity index (χ4n) is 2.56. The third kappa shape index (κ3) is 8.98. The van der Waals surface area contributed by atoms with E-state index >= 15 is 0 Å². The number of aliphatic hydroxyl groups is 2. The van der Waals surface area contributed by atoms with Crippen LogP contribution in [0.2, 0.25) is 0 Å². The van der Waals surface area contributed by atoms with Gasteiger partial charge in [-0.2, -0.15) is 4.98 Å². The van der Waals surface area contributed by atoms with Gasteiger partial charge in [0.1, 0.15) is 12.2 Å². The Kier molecular flexibility index (Phi) is 14.2. The van der Waals surface area contributed by atoms with Gasteiger partial charge in [-0.15, -0.1) is 0 Å². The fraction of sp³-hybridized carbons (Fsp3) is 0.500. The number of fused-ring (bicyclic) bond motifs is 1. The van der Waals surface area contributed by atoms with Gasteiger partial charge in [0, 0.05) is 7.11 Å². The molecule has 3 rings (SSSR count). The number of nitrogens with zero attached hydrogens (tertiary/aromatic N) is 3. The molecule has 0 spiro atoms. The molecule has 6 atom stereocenters.